The molecule has 0 aliphatic heterocycles. The van der Waals surface area contributed by atoms with Crippen LogP contribution >= 0.6 is 11.3 Å². The molecule has 0 aromatic carbocycles. The van der Waals surface area contributed by atoms with Crippen LogP contribution in [0, 0.1) is 0 Å². The first-order valence-electron chi connectivity index (χ1n) is 6.50. The third kappa shape index (κ3) is 3.43. The molecule has 2 aromatic heterocycles. The molecule has 0 saturated carbocycles. The van der Waals surface area contributed by atoms with Crippen molar-refractivity contribution >= 4 is 17.2 Å². The summed E-state index contributed by atoms with van der Waals surface area (Å²) in [6, 6.07) is -0.00329. The molecule has 0 bridgehead atoms. The predicted octanol–water partition coefficient (Wildman–Crippen LogP) is 1.43. The average molecular weight is 294 g/mol. The molecule has 20 heavy (non-hydrogen) atoms. The van der Waals surface area contributed by atoms with Gasteiger partial charge < -0.3 is 10.4 Å². The second-order valence-corrected chi connectivity index (χ2v) is 5.55. The van der Waals surface area contributed by atoms with E-state index in [0.29, 0.717) is 11.3 Å². The number of carbonyl (C=O) groups is 1. The van der Waals surface area contributed by atoms with Crippen LogP contribution in [0.1, 0.15) is 29.4 Å². The van der Waals surface area contributed by atoms with Crippen LogP contribution in [-0.2, 0) is 7.05 Å². The lowest BCUT2D eigenvalue weighted by atomic mass is 10.1. The van der Waals surface area contributed by atoms with E-state index in [2.05, 4.69) is 15.4 Å². The highest BCUT2D eigenvalue weighted by molar-refractivity contribution is 7.16. The molecular formula is C13H18N4O2S. The molecular weight excluding hydrogens is 276 g/mol. The van der Waals surface area contributed by atoms with Crippen LogP contribution in [0.3, 0.4) is 0 Å². The number of nitrogens with one attached hydrogen (secondary N) is 1. The second kappa shape index (κ2) is 6.62. The van der Waals surface area contributed by atoms with Crippen molar-refractivity contribution in [3.63, 3.8) is 0 Å². The minimum atomic E-state index is -0.141. The molecule has 7 heteroatoms. The van der Waals surface area contributed by atoms with Crippen molar-refractivity contribution in [3.8, 4) is 10.6 Å². The largest absolute Gasteiger partial charge is 0.396 e. The van der Waals surface area contributed by atoms with Gasteiger partial charge in [-0.3, -0.25) is 9.48 Å². The molecule has 2 heterocycles. The Morgan fingerprint density at radius 2 is 2.35 bits per heavy atom. The highest BCUT2D eigenvalue weighted by atomic mass is 32.1. The van der Waals surface area contributed by atoms with Gasteiger partial charge in [-0.25, -0.2) is 4.98 Å². The van der Waals surface area contributed by atoms with Crippen LogP contribution in [0.25, 0.3) is 10.6 Å². The lowest BCUT2D eigenvalue weighted by molar-refractivity contribution is 0.0933. The van der Waals surface area contributed by atoms with E-state index in [4.69, 9.17) is 5.11 Å². The molecule has 0 radical (unpaired) electrons. The van der Waals surface area contributed by atoms with Crippen molar-refractivity contribution in [2.75, 3.05) is 6.61 Å². The Morgan fingerprint density at radius 3 is 2.95 bits per heavy atom. The van der Waals surface area contributed by atoms with Gasteiger partial charge in [-0.05, 0) is 12.8 Å². The van der Waals surface area contributed by atoms with Crippen molar-refractivity contribution in [3.05, 3.63) is 23.5 Å². The molecule has 0 aliphatic rings. The number of aryl methyl sites for hydroxylation is 1. The molecule has 0 fully saturated rings. The Balaban J connectivity index is 2.06. The zero-order valence-corrected chi connectivity index (χ0v) is 12.4. The van der Waals surface area contributed by atoms with Gasteiger partial charge in [-0.15, -0.1) is 11.3 Å². The lowest BCUT2D eigenvalue weighted by Gasteiger charge is -2.14. The van der Waals surface area contributed by atoms with Crippen LogP contribution < -0.4 is 5.32 Å². The lowest BCUT2D eigenvalue weighted by Crippen LogP contribution is -2.34. The molecule has 1 atom stereocenters. The quantitative estimate of drug-likeness (QED) is 0.844. The summed E-state index contributed by atoms with van der Waals surface area (Å²) in [6.07, 6.45) is 6.52. The van der Waals surface area contributed by atoms with Gasteiger partial charge in [0.15, 0.2) is 0 Å². The molecule has 2 aromatic rings. The van der Waals surface area contributed by atoms with Gasteiger partial charge in [-0.1, -0.05) is 6.92 Å². The molecule has 0 spiro atoms. The summed E-state index contributed by atoms with van der Waals surface area (Å²) in [6.45, 7) is 2.05. The number of rotatable bonds is 6. The Kier molecular flexibility index (Phi) is 4.86. The number of carbonyl (C=O) groups excluding carboxylic acids is 1. The van der Waals surface area contributed by atoms with E-state index in [1.54, 1.807) is 17.1 Å². The summed E-state index contributed by atoms with van der Waals surface area (Å²) in [5.41, 5.74) is 0.902. The van der Waals surface area contributed by atoms with Crippen molar-refractivity contribution in [1.82, 2.24) is 20.1 Å². The van der Waals surface area contributed by atoms with Gasteiger partial charge in [0.2, 0.25) is 0 Å². The minimum absolute atomic E-state index is 0.00329. The van der Waals surface area contributed by atoms with Crippen LogP contribution in [0.4, 0.5) is 0 Å². The number of aromatic nitrogens is 3. The summed E-state index contributed by atoms with van der Waals surface area (Å²) in [5.74, 6) is -0.141. The van der Waals surface area contributed by atoms with Crippen LogP contribution in [0.5, 0.6) is 0 Å². The fourth-order valence-corrected chi connectivity index (χ4v) is 2.63. The predicted molar refractivity (Wildman–Crippen MR) is 77.6 cm³/mol. The van der Waals surface area contributed by atoms with Crippen molar-refractivity contribution in [2.45, 2.75) is 25.8 Å². The molecule has 0 aliphatic carbocycles. The van der Waals surface area contributed by atoms with Gasteiger partial charge in [0.05, 0.1) is 12.4 Å². The molecule has 1 amide bonds. The summed E-state index contributed by atoms with van der Waals surface area (Å²) in [7, 11) is 1.84. The van der Waals surface area contributed by atoms with E-state index in [9.17, 15) is 4.79 Å². The second-order valence-electron chi connectivity index (χ2n) is 4.52. The fraction of sp³-hybridized carbons (Fsp3) is 0.462. The van der Waals surface area contributed by atoms with E-state index in [1.807, 2.05) is 20.2 Å². The zero-order chi connectivity index (χ0) is 14.5. The van der Waals surface area contributed by atoms with E-state index < -0.39 is 0 Å². The summed E-state index contributed by atoms with van der Waals surface area (Å²) < 4.78 is 1.70. The maximum absolute atomic E-state index is 12.1. The highest BCUT2D eigenvalue weighted by Crippen LogP contribution is 2.24. The number of hydrogen-bond acceptors (Lipinski definition) is 5. The number of thiazole rings is 1. The average Bonchev–Trinajstić information content (AvgIpc) is 3.06. The van der Waals surface area contributed by atoms with E-state index in [0.717, 1.165) is 17.0 Å². The Hall–Kier alpha value is -1.73. The first-order chi connectivity index (χ1) is 9.63. The Bertz CT molecular complexity index is 578. The van der Waals surface area contributed by atoms with Crippen molar-refractivity contribution in [2.24, 2.45) is 7.05 Å². The minimum Gasteiger partial charge on any atom is -0.396 e. The van der Waals surface area contributed by atoms with Crippen LogP contribution in [0.15, 0.2) is 18.6 Å². The van der Waals surface area contributed by atoms with Crippen molar-refractivity contribution < 1.29 is 9.90 Å². The van der Waals surface area contributed by atoms with Gasteiger partial charge in [0, 0.05) is 31.5 Å². The number of nitrogens with zero attached hydrogens (tertiary/aromatic N) is 3. The van der Waals surface area contributed by atoms with Gasteiger partial charge >= 0.3 is 0 Å². The number of aliphatic hydroxyl groups is 1. The monoisotopic (exact) mass is 294 g/mol. The van der Waals surface area contributed by atoms with Gasteiger partial charge in [0.1, 0.15) is 9.88 Å². The third-order valence-electron chi connectivity index (χ3n) is 2.99. The summed E-state index contributed by atoms with van der Waals surface area (Å²) in [5, 5.41) is 16.7. The number of amides is 1. The molecule has 0 saturated heterocycles. The van der Waals surface area contributed by atoms with Crippen molar-refractivity contribution in [1.29, 1.82) is 0 Å². The van der Waals surface area contributed by atoms with E-state index in [1.165, 1.54) is 11.3 Å². The standard InChI is InChI=1S/C13H18N4O2S/c1-3-10(4-5-18)16-12(19)11-7-14-13(20-11)9-6-15-17(2)8-9/h6-8,10,18H,3-5H2,1-2H3,(H,16,19). The molecule has 108 valence electrons. The van der Waals surface area contributed by atoms with Crippen LogP contribution in [0.2, 0.25) is 0 Å². The zero-order valence-electron chi connectivity index (χ0n) is 11.5. The maximum Gasteiger partial charge on any atom is 0.263 e. The third-order valence-corrected chi connectivity index (χ3v) is 4.03. The van der Waals surface area contributed by atoms with Gasteiger partial charge in [-0.2, -0.15) is 5.10 Å². The Morgan fingerprint density at radius 1 is 1.55 bits per heavy atom. The normalized spacial score (nSPS) is 12.3. The number of hydrogen-bond donors (Lipinski definition) is 2. The Labute approximate surface area is 121 Å². The smallest absolute Gasteiger partial charge is 0.263 e. The first-order valence-corrected chi connectivity index (χ1v) is 7.32. The molecule has 1 unspecified atom stereocenters. The molecule has 6 nitrogen and oxygen atoms in total. The molecule has 2 rings (SSSR count). The fourth-order valence-electron chi connectivity index (χ4n) is 1.83. The SMILES string of the molecule is CCC(CCO)NC(=O)c1cnc(-c2cnn(C)c2)s1. The summed E-state index contributed by atoms with van der Waals surface area (Å²) >= 11 is 1.34. The molecule has 2 N–H and O–H groups in total. The van der Waals surface area contributed by atoms with E-state index in [-0.39, 0.29) is 18.6 Å². The topological polar surface area (TPSA) is 80.0 Å². The van der Waals surface area contributed by atoms with Crippen LogP contribution in [-0.4, -0.2) is 38.4 Å². The number of aliphatic hydroxyl groups excluding tert-OH is 1. The first kappa shape index (κ1) is 14.7. The van der Waals surface area contributed by atoms with E-state index >= 15 is 0 Å². The van der Waals surface area contributed by atoms with Gasteiger partial charge in [0.25, 0.3) is 5.91 Å². The highest BCUT2D eigenvalue weighted by Gasteiger charge is 2.15. The summed E-state index contributed by atoms with van der Waals surface area (Å²) in [4.78, 5) is 16.9. The maximum atomic E-state index is 12.1.